The van der Waals surface area contributed by atoms with Gasteiger partial charge < -0.3 is 14.2 Å². The minimum absolute atomic E-state index is 0.210. The highest BCUT2D eigenvalue weighted by Gasteiger charge is 2.41. The second-order valence-electron chi connectivity index (χ2n) is 9.48. The Bertz CT molecular complexity index is 1040. The van der Waals surface area contributed by atoms with Gasteiger partial charge >= 0.3 is 6.11 Å². The van der Waals surface area contributed by atoms with Crippen LogP contribution in [-0.4, -0.2) is 19.5 Å². The van der Waals surface area contributed by atoms with Crippen LogP contribution in [0.4, 0.5) is 26.3 Å². The van der Waals surface area contributed by atoms with Gasteiger partial charge in [0, 0.05) is 17.9 Å². The number of ether oxygens (including phenoxy) is 3. The van der Waals surface area contributed by atoms with Gasteiger partial charge in [-0.15, -0.1) is 6.58 Å². The first kappa shape index (κ1) is 26.5. The van der Waals surface area contributed by atoms with Gasteiger partial charge in [-0.2, -0.15) is 8.78 Å². The molecule has 2 aliphatic rings. The van der Waals surface area contributed by atoms with Crippen molar-refractivity contribution in [1.82, 2.24) is 0 Å². The van der Waals surface area contributed by atoms with Gasteiger partial charge in [-0.05, 0) is 74.3 Å². The van der Waals surface area contributed by atoms with Crippen molar-refractivity contribution in [3.8, 4) is 5.75 Å². The van der Waals surface area contributed by atoms with Crippen molar-refractivity contribution < 1.29 is 40.6 Å². The molecule has 1 aliphatic carbocycles. The highest BCUT2D eigenvalue weighted by Crippen LogP contribution is 2.38. The molecular weight excluding hydrogens is 486 g/mol. The van der Waals surface area contributed by atoms with Crippen molar-refractivity contribution in [3.05, 3.63) is 77.4 Å². The second kappa shape index (κ2) is 11.3. The lowest BCUT2D eigenvalue weighted by molar-refractivity contribution is -0.222. The zero-order valence-corrected chi connectivity index (χ0v) is 19.6. The van der Waals surface area contributed by atoms with Crippen LogP contribution in [0, 0.1) is 41.0 Å². The molecule has 4 rings (SSSR count). The lowest BCUT2D eigenvalue weighted by atomic mass is 9.79. The summed E-state index contributed by atoms with van der Waals surface area (Å²) in [7, 11) is 0. The first-order chi connectivity index (χ1) is 17.2. The van der Waals surface area contributed by atoms with Crippen LogP contribution in [0.3, 0.4) is 0 Å². The summed E-state index contributed by atoms with van der Waals surface area (Å²) in [6, 6.07) is 3.44. The fraction of sp³-hybridized carbons (Fsp3) is 0.481. The van der Waals surface area contributed by atoms with Crippen LogP contribution in [-0.2, 0) is 22.0 Å². The van der Waals surface area contributed by atoms with Crippen LogP contribution in [0.25, 0.3) is 0 Å². The topological polar surface area (TPSA) is 27.7 Å². The molecule has 2 aromatic rings. The fourth-order valence-electron chi connectivity index (χ4n) is 4.85. The van der Waals surface area contributed by atoms with E-state index in [0.717, 1.165) is 43.9 Å². The monoisotopic (exact) mass is 514 g/mol. The highest BCUT2D eigenvalue weighted by molar-refractivity contribution is 5.31. The van der Waals surface area contributed by atoms with Crippen molar-refractivity contribution in [2.75, 3.05) is 13.2 Å². The van der Waals surface area contributed by atoms with Gasteiger partial charge in [0.25, 0.3) is 0 Å². The van der Waals surface area contributed by atoms with Gasteiger partial charge in [0.05, 0.1) is 13.2 Å². The second-order valence-corrected chi connectivity index (χ2v) is 9.48. The molecule has 196 valence electrons. The molecule has 1 saturated heterocycles. The van der Waals surface area contributed by atoms with Crippen LogP contribution in [0.1, 0.15) is 43.2 Å². The van der Waals surface area contributed by atoms with Crippen LogP contribution in [0.2, 0.25) is 0 Å². The summed E-state index contributed by atoms with van der Waals surface area (Å²) in [4.78, 5) is 0. The van der Waals surface area contributed by atoms with E-state index in [2.05, 4.69) is 11.3 Å². The normalized spacial score (nSPS) is 24.9. The Morgan fingerprint density at radius 2 is 1.53 bits per heavy atom. The van der Waals surface area contributed by atoms with Gasteiger partial charge in [-0.1, -0.05) is 6.08 Å². The lowest BCUT2D eigenvalue weighted by Gasteiger charge is -2.37. The van der Waals surface area contributed by atoms with Gasteiger partial charge in [0.2, 0.25) is 0 Å². The molecule has 0 bridgehead atoms. The number of alkyl halides is 2. The van der Waals surface area contributed by atoms with Crippen LogP contribution < -0.4 is 4.74 Å². The summed E-state index contributed by atoms with van der Waals surface area (Å²) in [5.74, 6) is -5.53. The van der Waals surface area contributed by atoms with E-state index in [0.29, 0.717) is 50.0 Å². The molecule has 0 aromatic heterocycles. The van der Waals surface area contributed by atoms with E-state index in [1.807, 2.05) is 6.08 Å². The summed E-state index contributed by atoms with van der Waals surface area (Å²) >= 11 is 0. The molecule has 1 saturated carbocycles. The number of benzene rings is 2. The van der Waals surface area contributed by atoms with Crippen molar-refractivity contribution in [1.29, 1.82) is 0 Å². The van der Waals surface area contributed by atoms with E-state index >= 15 is 0 Å². The summed E-state index contributed by atoms with van der Waals surface area (Å²) in [5.41, 5.74) is -1.32. The van der Waals surface area contributed by atoms with Gasteiger partial charge in [0.1, 0.15) is 22.9 Å². The molecule has 0 atom stereocenters. The molecule has 0 amide bonds. The molecule has 36 heavy (non-hydrogen) atoms. The van der Waals surface area contributed by atoms with E-state index in [1.165, 1.54) is 0 Å². The van der Waals surface area contributed by atoms with E-state index in [4.69, 9.17) is 9.47 Å². The van der Waals surface area contributed by atoms with Crippen molar-refractivity contribution in [3.63, 3.8) is 0 Å². The third-order valence-electron chi connectivity index (χ3n) is 6.93. The molecule has 1 aliphatic heterocycles. The van der Waals surface area contributed by atoms with Crippen molar-refractivity contribution >= 4 is 0 Å². The summed E-state index contributed by atoms with van der Waals surface area (Å²) in [5, 5.41) is 0. The fourth-order valence-corrected chi connectivity index (χ4v) is 4.85. The van der Waals surface area contributed by atoms with Gasteiger partial charge in [0.15, 0.2) is 17.9 Å². The first-order valence-electron chi connectivity index (χ1n) is 12.0. The Kier molecular flexibility index (Phi) is 8.30. The molecule has 3 nitrogen and oxygen atoms in total. The maximum absolute atomic E-state index is 14.6. The Balaban J connectivity index is 1.32. The van der Waals surface area contributed by atoms with E-state index < -0.39 is 40.7 Å². The molecule has 2 fully saturated rings. The number of hydrogen-bond acceptors (Lipinski definition) is 3. The minimum atomic E-state index is -4.43. The summed E-state index contributed by atoms with van der Waals surface area (Å²) in [6.45, 7) is 4.96. The number of halogens is 6. The zero-order chi connectivity index (χ0) is 25.9. The maximum atomic E-state index is 14.6. The average Bonchev–Trinajstić information content (AvgIpc) is 2.84. The van der Waals surface area contributed by atoms with E-state index in [9.17, 15) is 26.3 Å². The molecule has 0 N–H and O–H groups in total. The predicted molar refractivity (Wildman–Crippen MR) is 120 cm³/mol. The zero-order valence-electron chi connectivity index (χ0n) is 19.6. The smallest absolute Gasteiger partial charge is 0.429 e. The molecule has 2 aromatic carbocycles. The first-order valence-corrected chi connectivity index (χ1v) is 12.0. The Morgan fingerprint density at radius 1 is 0.889 bits per heavy atom. The molecule has 0 radical (unpaired) electrons. The summed E-state index contributed by atoms with van der Waals surface area (Å²) < 4.78 is 100. The third-order valence-corrected chi connectivity index (χ3v) is 6.93. The SMILES string of the molecule is C=CC1COC(C2CCC(CCc3cc(F)c(C(F)(F)Oc4ccc(F)c(F)c4)c(F)c3)CC2)OC1. The average molecular weight is 515 g/mol. The van der Waals surface area contributed by atoms with Crippen LogP contribution >= 0.6 is 0 Å². The molecule has 0 unspecified atom stereocenters. The third kappa shape index (κ3) is 6.24. The minimum Gasteiger partial charge on any atom is -0.429 e. The largest absolute Gasteiger partial charge is 0.432 e. The Morgan fingerprint density at radius 3 is 2.11 bits per heavy atom. The molecule has 1 heterocycles. The highest BCUT2D eigenvalue weighted by atomic mass is 19.3. The van der Waals surface area contributed by atoms with Crippen molar-refractivity contribution in [2.24, 2.45) is 17.8 Å². The van der Waals surface area contributed by atoms with Crippen LogP contribution in [0.15, 0.2) is 43.0 Å². The van der Waals surface area contributed by atoms with Crippen LogP contribution in [0.5, 0.6) is 5.75 Å². The van der Waals surface area contributed by atoms with Gasteiger partial charge in [-0.3, -0.25) is 0 Å². The van der Waals surface area contributed by atoms with Gasteiger partial charge in [-0.25, -0.2) is 17.6 Å². The predicted octanol–water partition coefficient (Wildman–Crippen LogP) is 7.29. The molecular formula is C27H28F6O3. The summed E-state index contributed by atoms with van der Waals surface area (Å²) in [6.07, 6.45) is 1.86. The number of aryl methyl sites for hydroxylation is 1. The van der Waals surface area contributed by atoms with Crippen molar-refractivity contribution in [2.45, 2.75) is 50.9 Å². The quantitative estimate of drug-likeness (QED) is 0.274. The molecule has 0 spiro atoms. The Labute approximate surface area is 206 Å². The molecule has 9 heteroatoms. The van der Waals surface area contributed by atoms with E-state index in [1.54, 1.807) is 0 Å². The Hall–Kier alpha value is -2.52. The lowest BCUT2D eigenvalue weighted by Crippen LogP contribution is -2.38. The van der Waals surface area contributed by atoms with E-state index in [-0.39, 0.29) is 17.8 Å². The number of hydrogen-bond donors (Lipinski definition) is 0. The standard InChI is InChI=1S/C27H28F6O3/c1-2-16-14-34-26(35-15-16)19-7-5-17(6-8-19)3-4-18-11-23(30)25(24(31)12-18)27(32,33)36-20-9-10-21(28)22(29)13-20/h2,9-13,16-17,19,26H,1,3-8,14-15H2. The maximum Gasteiger partial charge on any atom is 0.432 e. The number of rotatable bonds is 8.